The van der Waals surface area contributed by atoms with Gasteiger partial charge in [0.25, 0.3) is 0 Å². The van der Waals surface area contributed by atoms with E-state index in [0.717, 1.165) is 49.0 Å². The van der Waals surface area contributed by atoms with Gasteiger partial charge in [0.15, 0.2) is 0 Å². The molecule has 2 aliphatic rings. The van der Waals surface area contributed by atoms with Crippen LogP contribution in [0.2, 0.25) is 0 Å². The van der Waals surface area contributed by atoms with Crippen LogP contribution in [0.25, 0.3) is 0 Å². The summed E-state index contributed by atoms with van der Waals surface area (Å²) in [5.74, 6) is 2.98. The number of hydrogen-bond acceptors (Lipinski definition) is 0. The van der Waals surface area contributed by atoms with Gasteiger partial charge in [-0.2, -0.15) is 0 Å². The summed E-state index contributed by atoms with van der Waals surface area (Å²) in [6, 6.07) is 6.00. The van der Waals surface area contributed by atoms with Gasteiger partial charge in [-0.3, -0.25) is 0 Å². The predicted octanol–water partition coefficient (Wildman–Crippen LogP) is 10.8. The molecule has 192 valence electrons. The Morgan fingerprint density at radius 2 is 1.41 bits per heavy atom. The fourth-order valence-corrected chi connectivity index (χ4v) is 6.39. The number of halogens is 1. The highest BCUT2D eigenvalue weighted by atomic mass is 19.1. The van der Waals surface area contributed by atoms with Crippen molar-refractivity contribution >= 4 is 0 Å². The smallest absolute Gasteiger partial charge is 0.126 e. The number of unbranched alkanes of at least 4 members (excludes halogenated alkanes) is 5. The van der Waals surface area contributed by atoms with Crippen LogP contribution in [0.1, 0.15) is 141 Å². The zero-order chi connectivity index (χ0) is 24.0. The van der Waals surface area contributed by atoms with E-state index in [4.69, 9.17) is 0 Å². The summed E-state index contributed by atoms with van der Waals surface area (Å²) in [7, 11) is 0. The molecule has 0 saturated heterocycles. The summed E-state index contributed by atoms with van der Waals surface area (Å²) in [5, 5.41) is 0. The minimum absolute atomic E-state index is 0.0109. The quantitative estimate of drug-likeness (QED) is 0.177. The molecule has 1 aromatic rings. The Kier molecular flexibility index (Phi) is 12.8. The minimum atomic E-state index is 0.0109. The number of aryl methyl sites for hydroxylation is 2. The van der Waals surface area contributed by atoms with Crippen LogP contribution in [0, 0.1) is 23.6 Å². The molecule has 0 radical (unpaired) electrons. The normalized spacial score (nSPS) is 23.1. The fraction of sp³-hybridized carbons (Fsp3) is 0.758. The molecule has 0 nitrogen and oxygen atoms in total. The first kappa shape index (κ1) is 27.5. The van der Waals surface area contributed by atoms with E-state index in [0.29, 0.717) is 0 Å². The van der Waals surface area contributed by atoms with Gasteiger partial charge in [-0.15, -0.1) is 0 Å². The maximum Gasteiger partial charge on any atom is 0.126 e. The first-order valence-corrected chi connectivity index (χ1v) is 15.1. The summed E-state index contributed by atoms with van der Waals surface area (Å²) in [4.78, 5) is 0. The lowest BCUT2D eigenvalue weighted by Gasteiger charge is -2.30. The molecular weight excluding hydrogens is 415 g/mol. The van der Waals surface area contributed by atoms with Gasteiger partial charge in [0.1, 0.15) is 5.82 Å². The Bertz CT molecular complexity index is 709. The summed E-state index contributed by atoms with van der Waals surface area (Å²) >= 11 is 0. The average molecular weight is 469 g/mol. The third-order valence-corrected chi connectivity index (χ3v) is 8.93. The number of hydrogen-bond donors (Lipinski definition) is 0. The Balaban J connectivity index is 1.29. The van der Waals surface area contributed by atoms with Crippen molar-refractivity contribution < 1.29 is 4.39 Å². The molecule has 1 fully saturated rings. The van der Waals surface area contributed by atoms with Crippen molar-refractivity contribution in [3.8, 4) is 0 Å². The molecule has 0 aromatic heterocycles. The summed E-state index contributed by atoms with van der Waals surface area (Å²) in [6.07, 6.45) is 29.1. The lowest BCUT2D eigenvalue weighted by Crippen LogP contribution is -2.16. The van der Waals surface area contributed by atoms with Gasteiger partial charge in [0.2, 0.25) is 0 Å². The van der Waals surface area contributed by atoms with Crippen molar-refractivity contribution in [3.05, 3.63) is 46.8 Å². The largest absolute Gasteiger partial charge is 0.207 e. The maximum absolute atomic E-state index is 14.4. The monoisotopic (exact) mass is 468 g/mol. The molecule has 0 amide bonds. The number of benzene rings is 1. The second-order valence-corrected chi connectivity index (χ2v) is 11.7. The van der Waals surface area contributed by atoms with Crippen LogP contribution >= 0.6 is 0 Å². The Labute approximate surface area is 211 Å². The van der Waals surface area contributed by atoms with Gasteiger partial charge < -0.3 is 0 Å². The standard InChI is InChI=1S/C33H53F/c1-3-5-7-9-10-27-12-14-28(15-13-27)16-17-29-18-20-30(21-19-29)22-23-31-24-25-32(33(34)26-31)11-8-6-4-2/h20,24-29H,3-19,21-23H2,1-2H3. The molecular formula is C33H53F. The lowest BCUT2D eigenvalue weighted by molar-refractivity contribution is 0.234. The van der Waals surface area contributed by atoms with Crippen LogP contribution in [0.3, 0.4) is 0 Å². The first-order valence-electron chi connectivity index (χ1n) is 15.1. The van der Waals surface area contributed by atoms with Crippen LogP contribution in [0.5, 0.6) is 0 Å². The molecule has 0 spiro atoms. The van der Waals surface area contributed by atoms with E-state index < -0.39 is 0 Å². The van der Waals surface area contributed by atoms with E-state index in [1.165, 1.54) is 108 Å². The maximum atomic E-state index is 14.4. The zero-order valence-electron chi connectivity index (χ0n) is 22.6. The highest BCUT2D eigenvalue weighted by Gasteiger charge is 2.22. The molecule has 0 bridgehead atoms. The Morgan fingerprint density at radius 1 is 0.706 bits per heavy atom. The van der Waals surface area contributed by atoms with E-state index in [-0.39, 0.29) is 5.82 Å². The van der Waals surface area contributed by atoms with E-state index in [1.807, 2.05) is 6.07 Å². The molecule has 0 heterocycles. The third-order valence-electron chi connectivity index (χ3n) is 8.93. The molecule has 1 aromatic carbocycles. The summed E-state index contributed by atoms with van der Waals surface area (Å²) in [6.45, 7) is 4.51. The number of rotatable bonds is 15. The molecule has 3 rings (SSSR count). The van der Waals surface area contributed by atoms with Crippen molar-refractivity contribution in [2.45, 2.75) is 142 Å². The van der Waals surface area contributed by atoms with Gasteiger partial charge in [0, 0.05) is 0 Å². The SMILES string of the molecule is CCCCCCC1CCC(CCC2CC=C(CCc3ccc(CCCCC)c(F)c3)CC2)CC1. The molecule has 0 N–H and O–H groups in total. The van der Waals surface area contributed by atoms with Crippen LogP contribution < -0.4 is 0 Å². The zero-order valence-corrected chi connectivity index (χ0v) is 22.6. The van der Waals surface area contributed by atoms with Crippen molar-refractivity contribution in [1.82, 2.24) is 0 Å². The molecule has 0 aliphatic heterocycles. The van der Waals surface area contributed by atoms with E-state index in [1.54, 1.807) is 11.6 Å². The van der Waals surface area contributed by atoms with Crippen molar-refractivity contribution in [2.24, 2.45) is 17.8 Å². The Hall–Kier alpha value is -1.11. The minimum Gasteiger partial charge on any atom is -0.207 e. The molecule has 1 atom stereocenters. The van der Waals surface area contributed by atoms with Gasteiger partial charge in [-0.05, 0) is 86.3 Å². The topological polar surface area (TPSA) is 0 Å². The Morgan fingerprint density at radius 3 is 2.09 bits per heavy atom. The second-order valence-electron chi connectivity index (χ2n) is 11.7. The third kappa shape index (κ3) is 9.87. The average Bonchev–Trinajstić information content (AvgIpc) is 2.87. The first-order chi connectivity index (χ1) is 16.7. The number of allylic oxidation sites excluding steroid dienone is 2. The highest BCUT2D eigenvalue weighted by molar-refractivity contribution is 5.25. The van der Waals surface area contributed by atoms with E-state index in [2.05, 4.69) is 26.0 Å². The highest BCUT2D eigenvalue weighted by Crippen LogP contribution is 2.37. The molecule has 1 saturated carbocycles. The van der Waals surface area contributed by atoms with Crippen molar-refractivity contribution in [1.29, 1.82) is 0 Å². The van der Waals surface area contributed by atoms with Crippen LogP contribution in [0.4, 0.5) is 4.39 Å². The lowest BCUT2D eigenvalue weighted by atomic mass is 9.76. The molecule has 1 heteroatoms. The van der Waals surface area contributed by atoms with Crippen LogP contribution in [0.15, 0.2) is 29.8 Å². The van der Waals surface area contributed by atoms with Crippen molar-refractivity contribution in [2.75, 3.05) is 0 Å². The van der Waals surface area contributed by atoms with Gasteiger partial charge in [-0.25, -0.2) is 4.39 Å². The van der Waals surface area contributed by atoms with Crippen LogP contribution in [-0.2, 0) is 12.8 Å². The molecule has 1 unspecified atom stereocenters. The fourth-order valence-electron chi connectivity index (χ4n) is 6.39. The van der Waals surface area contributed by atoms with Gasteiger partial charge >= 0.3 is 0 Å². The summed E-state index contributed by atoms with van der Waals surface area (Å²) in [5.41, 5.74) is 3.69. The van der Waals surface area contributed by atoms with Gasteiger partial charge in [0.05, 0.1) is 0 Å². The van der Waals surface area contributed by atoms with E-state index in [9.17, 15) is 4.39 Å². The summed E-state index contributed by atoms with van der Waals surface area (Å²) < 4.78 is 14.4. The van der Waals surface area contributed by atoms with Crippen LogP contribution in [-0.4, -0.2) is 0 Å². The molecule has 34 heavy (non-hydrogen) atoms. The molecule has 2 aliphatic carbocycles. The van der Waals surface area contributed by atoms with Crippen molar-refractivity contribution in [3.63, 3.8) is 0 Å². The second kappa shape index (κ2) is 15.8. The van der Waals surface area contributed by atoms with E-state index >= 15 is 0 Å². The predicted molar refractivity (Wildman–Crippen MR) is 147 cm³/mol. The van der Waals surface area contributed by atoms with Gasteiger partial charge in [-0.1, -0.05) is 115 Å².